The second-order valence-corrected chi connectivity index (χ2v) is 10.2. The quantitative estimate of drug-likeness (QED) is 0.630. The van der Waals surface area contributed by atoms with E-state index in [2.05, 4.69) is 10.00 Å². The number of aromatic amines is 1. The largest absolute Gasteiger partial charge is 0.364 e. The summed E-state index contributed by atoms with van der Waals surface area (Å²) in [5.74, 6) is -0.895. The number of nitrogens with zero attached hydrogens (tertiary/aromatic N) is 4. The third kappa shape index (κ3) is 4.08. The normalized spacial score (nSPS) is 17.8. The van der Waals surface area contributed by atoms with Crippen molar-refractivity contribution in [3.8, 4) is 5.69 Å². The Morgan fingerprint density at radius 3 is 2.12 bits per heavy atom. The third-order valence-corrected chi connectivity index (χ3v) is 7.07. The van der Waals surface area contributed by atoms with Crippen molar-refractivity contribution in [2.75, 3.05) is 33.2 Å². The second kappa shape index (κ2) is 9.24. The van der Waals surface area contributed by atoms with Gasteiger partial charge in [-0.1, -0.05) is 37.0 Å². The van der Waals surface area contributed by atoms with E-state index in [1.165, 1.54) is 9.58 Å². The van der Waals surface area contributed by atoms with Gasteiger partial charge in [0.1, 0.15) is 5.70 Å². The molecule has 182 valence electrons. The van der Waals surface area contributed by atoms with Gasteiger partial charge in [0.25, 0.3) is 17.4 Å². The molecule has 34 heavy (non-hydrogen) atoms. The predicted molar refractivity (Wildman–Crippen MR) is 133 cm³/mol. The molecule has 2 amide bonds. The topological polar surface area (TPSA) is 81.7 Å². The number of hydrogen-bond donors (Lipinski definition) is 1. The van der Waals surface area contributed by atoms with Crippen molar-refractivity contribution in [1.82, 2.24) is 24.5 Å². The zero-order valence-electron chi connectivity index (χ0n) is 20.0. The molecule has 2 aliphatic rings. The number of rotatable bonds is 5. The third-order valence-electron chi connectivity index (χ3n) is 6.33. The number of likely N-dealkylation sites (N-methyl/N-ethyl adjacent to an activating group) is 1. The summed E-state index contributed by atoms with van der Waals surface area (Å²) in [6.45, 7) is 10.2. The van der Waals surface area contributed by atoms with Crippen LogP contribution in [-0.2, 0) is 9.59 Å². The number of hydrogen-bond acceptors (Lipinski definition) is 5. The number of nitrogens with one attached hydrogen (secondary N) is 1. The van der Waals surface area contributed by atoms with E-state index < -0.39 is 11.5 Å². The average Bonchev–Trinajstić information content (AvgIpc) is 3.24. The predicted octanol–water partition coefficient (Wildman–Crippen LogP) is 3.33. The first-order valence-electron chi connectivity index (χ1n) is 11.4. The van der Waals surface area contributed by atoms with E-state index >= 15 is 0 Å². The first kappa shape index (κ1) is 24.6. The van der Waals surface area contributed by atoms with Crippen LogP contribution in [0, 0.1) is 0 Å². The van der Waals surface area contributed by atoms with Crippen LogP contribution in [0.5, 0.6) is 0 Å². The minimum absolute atomic E-state index is 0.107. The van der Waals surface area contributed by atoms with Crippen LogP contribution in [0.3, 0.4) is 0 Å². The monoisotopic (exact) mass is 505 g/mol. The van der Waals surface area contributed by atoms with Gasteiger partial charge < -0.3 is 9.80 Å². The number of amides is 2. The molecule has 0 radical (unpaired) electrons. The maximum absolute atomic E-state index is 13.8. The van der Waals surface area contributed by atoms with Gasteiger partial charge in [-0.2, -0.15) is 0 Å². The Kier molecular flexibility index (Phi) is 6.68. The molecule has 4 rings (SSSR count). The minimum atomic E-state index is -0.437. The second-order valence-electron chi connectivity index (χ2n) is 9.38. The molecule has 2 aliphatic heterocycles. The van der Waals surface area contributed by atoms with Crippen molar-refractivity contribution in [1.29, 1.82) is 0 Å². The number of carbonyl (C=O) groups is 2. The highest BCUT2D eigenvalue weighted by atomic mass is 35.5. The Morgan fingerprint density at radius 1 is 0.912 bits per heavy atom. The highest BCUT2D eigenvalue weighted by Gasteiger charge is 2.45. The molecular weight excluding hydrogens is 477 g/mol. The molecule has 0 spiro atoms. The molecule has 1 saturated heterocycles. The lowest BCUT2D eigenvalue weighted by Crippen LogP contribution is -2.46. The number of aromatic nitrogens is 2. The van der Waals surface area contributed by atoms with Gasteiger partial charge in [-0.3, -0.25) is 24.4 Å². The van der Waals surface area contributed by atoms with Crippen LogP contribution in [0.4, 0.5) is 0 Å². The molecule has 0 saturated carbocycles. The van der Waals surface area contributed by atoms with Crippen molar-refractivity contribution in [3.05, 3.63) is 55.6 Å². The molecule has 1 N–H and O–H groups in total. The molecule has 0 aliphatic carbocycles. The lowest BCUT2D eigenvalue weighted by molar-refractivity contribution is -0.139. The summed E-state index contributed by atoms with van der Waals surface area (Å²) >= 11 is 12.3. The van der Waals surface area contributed by atoms with Gasteiger partial charge in [0.05, 0.1) is 26.9 Å². The number of H-pyrrole nitrogens is 1. The van der Waals surface area contributed by atoms with Crippen molar-refractivity contribution in [2.24, 2.45) is 0 Å². The summed E-state index contributed by atoms with van der Waals surface area (Å²) in [5, 5.41) is 3.84. The number of benzene rings is 1. The van der Waals surface area contributed by atoms with E-state index in [1.807, 2.05) is 25.8 Å². The molecule has 1 aromatic carbocycles. The van der Waals surface area contributed by atoms with Crippen LogP contribution >= 0.6 is 23.2 Å². The fourth-order valence-electron chi connectivity index (χ4n) is 4.47. The van der Waals surface area contributed by atoms with Crippen molar-refractivity contribution in [2.45, 2.75) is 39.7 Å². The molecule has 0 atom stereocenters. The fourth-order valence-corrected chi connectivity index (χ4v) is 4.76. The van der Waals surface area contributed by atoms with Crippen LogP contribution in [0.1, 0.15) is 44.9 Å². The Hall–Kier alpha value is -2.55. The van der Waals surface area contributed by atoms with Crippen molar-refractivity contribution in [3.63, 3.8) is 0 Å². The van der Waals surface area contributed by atoms with Crippen molar-refractivity contribution >= 4 is 40.6 Å². The molecule has 0 unspecified atom stereocenters. The lowest BCUT2D eigenvalue weighted by atomic mass is 9.98. The lowest BCUT2D eigenvalue weighted by Gasteiger charge is -2.34. The van der Waals surface area contributed by atoms with Crippen LogP contribution in [0.25, 0.3) is 11.3 Å². The molecule has 10 heteroatoms. The van der Waals surface area contributed by atoms with Crippen LogP contribution in [-0.4, -0.2) is 75.6 Å². The van der Waals surface area contributed by atoms with Gasteiger partial charge in [-0.05, 0) is 45.0 Å². The smallest absolute Gasteiger partial charge is 0.279 e. The first-order valence-corrected chi connectivity index (χ1v) is 12.1. The van der Waals surface area contributed by atoms with Gasteiger partial charge in [-0.15, -0.1) is 0 Å². The Balaban J connectivity index is 1.96. The standard InChI is InChI=1S/C24H29Cl2N5O3/c1-13(2)20-18(23(33)31(27-20)15-6-7-16(25)17(26)12-15)19-21(29-10-8-28(5)9-11-29)24(34)30(14(3)4)22(19)32/h6-7,12-14,27H,8-11H2,1-5H3. The fraction of sp³-hybridized carbons (Fsp3) is 0.458. The Bertz CT molecular complexity index is 1240. The molecular formula is C24H29Cl2N5O3. The molecule has 1 fully saturated rings. The SMILES string of the molecule is CC(C)c1[nH]n(-c2ccc(Cl)c(Cl)c2)c(=O)c1C1=C(N2CCN(C)CC2)C(=O)N(C(C)C)C1=O. The number of halogens is 2. The molecule has 3 heterocycles. The maximum Gasteiger partial charge on any atom is 0.279 e. The van der Waals surface area contributed by atoms with E-state index in [0.717, 1.165) is 13.1 Å². The molecule has 1 aromatic heterocycles. The van der Waals surface area contributed by atoms with E-state index in [0.29, 0.717) is 40.2 Å². The molecule has 8 nitrogen and oxygen atoms in total. The summed E-state index contributed by atoms with van der Waals surface area (Å²) in [7, 11) is 2.02. The summed E-state index contributed by atoms with van der Waals surface area (Å²) in [6, 6.07) is 4.55. The number of imide groups is 1. The van der Waals surface area contributed by atoms with Gasteiger partial charge >= 0.3 is 0 Å². The Morgan fingerprint density at radius 2 is 1.56 bits per heavy atom. The molecule has 2 aromatic rings. The van der Waals surface area contributed by atoms with E-state index in [1.54, 1.807) is 32.0 Å². The highest BCUT2D eigenvalue weighted by Crippen LogP contribution is 2.35. The van der Waals surface area contributed by atoms with Gasteiger partial charge in [-0.25, -0.2) is 4.68 Å². The summed E-state index contributed by atoms with van der Waals surface area (Å²) < 4.78 is 1.36. The summed E-state index contributed by atoms with van der Waals surface area (Å²) in [4.78, 5) is 46.3. The zero-order chi connectivity index (χ0) is 24.9. The van der Waals surface area contributed by atoms with Crippen LogP contribution in [0.15, 0.2) is 28.7 Å². The Labute approximate surface area is 208 Å². The minimum Gasteiger partial charge on any atom is -0.364 e. The summed E-state index contributed by atoms with van der Waals surface area (Å²) in [5.41, 5.74) is 1.39. The van der Waals surface area contributed by atoms with E-state index in [9.17, 15) is 14.4 Å². The average molecular weight is 506 g/mol. The van der Waals surface area contributed by atoms with E-state index in [4.69, 9.17) is 23.2 Å². The van der Waals surface area contributed by atoms with Crippen molar-refractivity contribution < 1.29 is 9.59 Å². The number of carbonyl (C=O) groups excluding carboxylic acids is 2. The molecule has 0 bridgehead atoms. The van der Waals surface area contributed by atoms with Gasteiger partial charge in [0, 0.05) is 37.9 Å². The number of piperazine rings is 1. The van der Waals surface area contributed by atoms with Gasteiger partial charge in [0.15, 0.2) is 0 Å². The summed E-state index contributed by atoms with van der Waals surface area (Å²) in [6.07, 6.45) is 0. The zero-order valence-corrected chi connectivity index (χ0v) is 21.5. The maximum atomic E-state index is 13.8. The first-order chi connectivity index (χ1) is 16.0. The van der Waals surface area contributed by atoms with Crippen LogP contribution in [0.2, 0.25) is 10.0 Å². The van der Waals surface area contributed by atoms with E-state index in [-0.39, 0.29) is 29.0 Å². The van der Waals surface area contributed by atoms with Crippen LogP contribution < -0.4 is 5.56 Å². The van der Waals surface area contributed by atoms with Gasteiger partial charge in [0.2, 0.25) is 0 Å². The highest BCUT2D eigenvalue weighted by molar-refractivity contribution is 6.42.